The first-order valence-corrected chi connectivity index (χ1v) is 6.19. The summed E-state index contributed by atoms with van der Waals surface area (Å²) in [7, 11) is 1.75. The van der Waals surface area contributed by atoms with Crippen molar-refractivity contribution in [3.63, 3.8) is 0 Å². The van der Waals surface area contributed by atoms with Crippen molar-refractivity contribution in [1.82, 2.24) is 15.2 Å². The molecule has 1 unspecified atom stereocenters. The zero-order valence-electron chi connectivity index (χ0n) is 11.3. The van der Waals surface area contributed by atoms with Gasteiger partial charge in [0.2, 0.25) is 0 Å². The Balaban J connectivity index is 2.05. The average Bonchev–Trinajstić information content (AvgIpc) is 2.85. The standard InChI is InChI=1S/C13H17N3O3/c1-4-18-9(2)13(17)16(3)8-10-5-6-11-12(7-10)15-19-14-11/h5-7,9H,4,8H2,1-3H3. The minimum Gasteiger partial charge on any atom is -0.369 e. The summed E-state index contributed by atoms with van der Waals surface area (Å²) >= 11 is 0. The number of ether oxygens (including phenoxy) is 1. The zero-order valence-corrected chi connectivity index (χ0v) is 11.3. The number of aromatic nitrogens is 2. The van der Waals surface area contributed by atoms with Crippen LogP contribution in [0.25, 0.3) is 11.0 Å². The molecule has 1 aromatic heterocycles. The fraction of sp³-hybridized carbons (Fsp3) is 0.462. The molecule has 0 saturated carbocycles. The van der Waals surface area contributed by atoms with E-state index in [9.17, 15) is 4.79 Å². The molecular weight excluding hydrogens is 246 g/mol. The number of fused-ring (bicyclic) bond motifs is 1. The normalized spacial score (nSPS) is 12.6. The highest BCUT2D eigenvalue weighted by molar-refractivity contribution is 5.80. The van der Waals surface area contributed by atoms with Gasteiger partial charge in [0.15, 0.2) is 0 Å². The van der Waals surface area contributed by atoms with E-state index in [1.165, 1.54) is 0 Å². The maximum Gasteiger partial charge on any atom is 0.251 e. The van der Waals surface area contributed by atoms with Gasteiger partial charge in [0.25, 0.3) is 5.91 Å². The van der Waals surface area contributed by atoms with Crippen molar-refractivity contribution < 1.29 is 14.2 Å². The van der Waals surface area contributed by atoms with Gasteiger partial charge in [0.05, 0.1) is 0 Å². The predicted molar refractivity (Wildman–Crippen MR) is 69.4 cm³/mol. The van der Waals surface area contributed by atoms with Crippen LogP contribution in [0.3, 0.4) is 0 Å². The lowest BCUT2D eigenvalue weighted by Crippen LogP contribution is -2.35. The highest BCUT2D eigenvalue weighted by Gasteiger charge is 2.17. The summed E-state index contributed by atoms with van der Waals surface area (Å²) in [5.74, 6) is -0.0415. The van der Waals surface area contributed by atoms with Crippen molar-refractivity contribution in [2.24, 2.45) is 0 Å². The summed E-state index contributed by atoms with van der Waals surface area (Å²) in [5.41, 5.74) is 2.37. The summed E-state index contributed by atoms with van der Waals surface area (Å²) in [5, 5.41) is 7.52. The summed E-state index contributed by atoms with van der Waals surface area (Å²) in [6, 6.07) is 5.59. The Hall–Kier alpha value is -1.95. The smallest absolute Gasteiger partial charge is 0.251 e. The molecule has 1 atom stereocenters. The van der Waals surface area contributed by atoms with Crippen LogP contribution < -0.4 is 0 Å². The van der Waals surface area contributed by atoms with Crippen LogP contribution in [0.1, 0.15) is 19.4 Å². The lowest BCUT2D eigenvalue weighted by molar-refractivity contribution is -0.141. The van der Waals surface area contributed by atoms with Crippen LogP contribution >= 0.6 is 0 Å². The molecule has 1 amide bonds. The molecule has 0 aliphatic heterocycles. The van der Waals surface area contributed by atoms with Crippen molar-refractivity contribution in [3.05, 3.63) is 23.8 Å². The van der Waals surface area contributed by atoms with Crippen molar-refractivity contribution >= 4 is 16.9 Å². The third-order valence-corrected chi connectivity index (χ3v) is 2.88. The van der Waals surface area contributed by atoms with Gasteiger partial charge < -0.3 is 9.64 Å². The second-order valence-electron chi connectivity index (χ2n) is 4.38. The molecule has 2 rings (SSSR count). The highest BCUT2D eigenvalue weighted by atomic mass is 16.6. The van der Waals surface area contributed by atoms with Crippen LogP contribution in [0.4, 0.5) is 0 Å². The Labute approximate surface area is 111 Å². The topological polar surface area (TPSA) is 68.5 Å². The van der Waals surface area contributed by atoms with Gasteiger partial charge in [-0.15, -0.1) is 0 Å². The first kappa shape index (κ1) is 13.5. The van der Waals surface area contributed by atoms with E-state index in [1.807, 2.05) is 25.1 Å². The van der Waals surface area contributed by atoms with E-state index in [1.54, 1.807) is 18.9 Å². The molecule has 19 heavy (non-hydrogen) atoms. The molecule has 0 radical (unpaired) electrons. The van der Waals surface area contributed by atoms with Crippen LogP contribution in [0.2, 0.25) is 0 Å². The number of hydrogen-bond acceptors (Lipinski definition) is 5. The molecule has 0 bridgehead atoms. The number of hydrogen-bond donors (Lipinski definition) is 0. The summed E-state index contributed by atoms with van der Waals surface area (Å²) in [4.78, 5) is 13.6. The minimum absolute atomic E-state index is 0.0415. The Morgan fingerprint density at radius 1 is 1.42 bits per heavy atom. The van der Waals surface area contributed by atoms with Crippen molar-refractivity contribution in [2.75, 3.05) is 13.7 Å². The zero-order chi connectivity index (χ0) is 13.8. The molecule has 0 aliphatic rings. The van der Waals surface area contributed by atoms with Gasteiger partial charge in [-0.3, -0.25) is 4.79 Å². The Morgan fingerprint density at radius 3 is 2.89 bits per heavy atom. The largest absolute Gasteiger partial charge is 0.369 e. The molecule has 2 aromatic rings. The van der Waals surface area contributed by atoms with Crippen molar-refractivity contribution in [1.29, 1.82) is 0 Å². The molecular formula is C13H17N3O3. The second-order valence-corrected chi connectivity index (χ2v) is 4.38. The van der Waals surface area contributed by atoms with Gasteiger partial charge >= 0.3 is 0 Å². The fourth-order valence-corrected chi connectivity index (χ4v) is 1.91. The van der Waals surface area contributed by atoms with Crippen LogP contribution in [-0.2, 0) is 16.1 Å². The third-order valence-electron chi connectivity index (χ3n) is 2.88. The second kappa shape index (κ2) is 5.79. The van der Waals surface area contributed by atoms with Crippen LogP contribution in [0.15, 0.2) is 22.8 Å². The molecule has 0 aliphatic carbocycles. The Bertz CT molecular complexity index is 567. The number of amides is 1. The van der Waals surface area contributed by atoms with Crippen molar-refractivity contribution in [3.8, 4) is 0 Å². The number of benzene rings is 1. The van der Waals surface area contributed by atoms with E-state index < -0.39 is 6.10 Å². The molecule has 0 spiro atoms. The van der Waals surface area contributed by atoms with E-state index in [2.05, 4.69) is 14.9 Å². The van der Waals surface area contributed by atoms with Crippen LogP contribution in [-0.4, -0.2) is 40.9 Å². The van der Waals surface area contributed by atoms with Gasteiger partial charge in [-0.05, 0) is 41.9 Å². The van der Waals surface area contributed by atoms with Crippen LogP contribution in [0.5, 0.6) is 0 Å². The van der Waals surface area contributed by atoms with E-state index >= 15 is 0 Å². The van der Waals surface area contributed by atoms with Gasteiger partial charge in [-0.2, -0.15) is 0 Å². The van der Waals surface area contributed by atoms with Gasteiger partial charge in [0.1, 0.15) is 17.1 Å². The lowest BCUT2D eigenvalue weighted by atomic mass is 10.2. The molecule has 0 N–H and O–H groups in total. The van der Waals surface area contributed by atoms with Crippen LogP contribution in [0, 0.1) is 0 Å². The molecule has 6 heteroatoms. The van der Waals surface area contributed by atoms with Gasteiger partial charge in [-0.25, -0.2) is 4.63 Å². The van der Waals surface area contributed by atoms with E-state index in [-0.39, 0.29) is 5.91 Å². The summed E-state index contributed by atoms with van der Waals surface area (Å²) in [6.07, 6.45) is -0.424. The first-order chi connectivity index (χ1) is 9.11. The maximum atomic E-state index is 12.0. The first-order valence-electron chi connectivity index (χ1n) is 6.19. The third kappa shape index (κ3) is 3.08. The predicted octanol–water partition coefficient (Wildman–Crippen LogP) is 1.61. The molecule has 0 saturated heterocycles. The molecule has 102 valence electrons. The number of nitrogens with zero attached hydrogens (tertiary/aromatic N) is 3. The summed E-state index contributed by atoms with van der Waals surface area (Å²) in [6.45, 7) is 4.65. The quantitative estimate of drug-likeness (QED) is 0.819. The fourth-order valence-electron chi connectivity index (χ4n) is 1.91. The molecule has 0 fully saturated rings. The number of rotatable bonds is 5. The van der Waals surface area contributed by atoms with Crippen molar-refractivity contribution in [2.45, 2.75) is 26.5 Å². The SMILES string of the molecule is CCOC(C)C(=O)N(C)Cc1ccc2nonc2c1. The molecule has 1 heterocycles. The monoisotopic (exact) mass is 263 g/mol. The van der Waals surface area contributed by atoms with Gasteiger partial charge in [0, 0.05) is 20.2 Å². The lowest BCUT2D eigenvalue weighted by Gasteiger charge is -2.21. The number of likely N-dealkylation sites (N-methyl/N-ethyl adjacent to an activating group) is 1. The van der Waals surface area contributed by atoms with E-state index in [4.69, 9.17) is 4.74 Å². The molecule has 1 aromatic carbocycles. The molecule has 6 nitrogen and oxygen atoms in total. The highest BCUT2D eigenvalue weighted by Crippen LogP contribution is 2.13. The van der Waals surface area contributed by atoms with E-state index in [0.29, 0.717) is 24.2 Å². The maximum absolute atomic E-state index is 12.0. The minimum atomic E-state index is -0.424. The van der Waals surface area contributed by atoms with Gasteiger partial charge in [-0.1, -0.05) is 6.07 Å². The van der Waals surface area contributed by atoms with E-state index in [0.717, 1.165) is 5.56 Å². The average molecular weight is 263 g/mol. The number of carbonyl (C=O) groups is 1. The summed E-state index contributed by atoms with van der Waals surface area (Å²) < 4.78 is 9.93. The Kier molecular flexibility index (Phi) is 4.11. The Morgan fingerprint density at radius 2 is 2.16 bits per heavy atom. The number of carbonyl (C=O) groups excluding carboxylic acids is 1.